The lowest BCUT2D eigenvalue weighted by Gasteiger charge is -2.17. The molecule has 20 heavy (non-hydrogen) atoms. The van der Waals surface area contributed by atoms with Crippen LogP contribution in [-0.4, -0.2) is 45.5 Å². The maximum Gasteiger partial charge on any atom is 0.286 e. The van der Waals surface area contributed by atoms with Gasteiger partial charge in [-0.05, 0) is 25.2 Å². The van der Waals surface area contributed by atoms with E-state index in [1.165, 1.54) is 0 Å². The quantitative estimate of drug-likeness (QED) is 0.663. The van der Waals surface area contributed by atoms with Crippen molar-refractivity contribution in [2.24, 2.45) is 4.40 Å². The highest BCUT2D eigenvalue weighted by atomic mass is 35.5. The molecule has 1 aliphatic heterocycles. The molecule has 112 valence electrons. The molecule has 0 N–H and O–H groups in total. The van der Waals surface area contributed by atoms with E-state index in [4.69, 9.17) is 4.74 Å². The molecule has 2 rings (SSSR count). The first-order valence-electron chi connectivity index (χ1n) is 6.38. The highest BCUT2D eigenvalue weighted by Gasteiger charge is 2.29. The normalized spacial score (nSPS) is 15.4. The summed E-state index contributed by atoms with van der Waals surface area (Å²) in [6.45, 7) is 7.24. The number of ether oxygens (including phenoxy) is 1. The predicted octanol–water partition coefficient (Wildman–Crippen LogP) is -1.50. The second-order valence-corrected chi connectivity index (χ2v) is 5.82. The first-order chi connectivity index (χ1) is 9.08. The monoisotopic (exact) mass is 317 g/mol. The lowest BCUT2D eigenvalue weighted by molar-refractivity contribution is -0.00000717. The van der Waals surface area contributed by atoms with Crippen LogP contribution in [0.2, 0.25) is 0 Å². The van der Waals surface area contributed by atoms with Crippen LogP contribution >= 0.6 is 0 Å². The molecule has 0 saturated heterocycles. The fraction of sp³-hybridized carbons (Fsp3) is 0.462. The number of fused-ring (bicyclic) bond motifs is 1. The molecular formula is C13H18ClN2O3S-. The van der Waals surface area contributed by atoms with Crippen LogP contribution in [0.4, 0.5) is 0 Å². The van der Waals surface area contributed by atoms with Gasteiger partial charge in [-0.2, -0.15) is 8.42 Å². The van der Waals surface area contributed by atoms with Crippen molar-refractivity contribution in [1.29, 1.82) is 0 Å². The molecule has 0 bridgehead atoms. The van der Waals surface area contributed by atoms with E-state index < -0.39 is 10.0 Å². The summed E-state index contributed by atoms with van der Waals surface area (Å²) in [4.78, 5) is 2.43. The standard InChI is InChI=1S/C13H18N2O3S.ClH/c1-3-15(4-2)9-10-18-13-11-7-5-6-8-12(11)19(16,17)14-13;/h5-8H,3-4,9-10H2,1-2H3;1H/p-1. The Balaban J connectivity index is 0.00000200. The Morgan fingerprint density at radius 1 is 1.20 bits per heavy atom. The molecule has 5 nitrogen and oxygen atoms in total. The van der Waals surface area contributed by atoms with Gasteiger partial charge in [0.05, 0.1) is 5.56 Å². The third-order valence-electron chi connectivity index (χ3n) is 3.14. The molecule has 0 unspecified atom stereocenters. The van der Waals surface area contributed by atoms with Gasteiger partial charge in [-0.15, -0.1) is 4.40 Å². The highest BCUT2D eigenvalue weighted by molar-refractivity contribution is 7.90. The van der Waals surface area contributed by atoms with Crippen molar-refractivity contribution in [3.05, 3.63) is 29.8 Å². The van der Waals surface area contributed by atoms with Crippen molar-refractivity contribution in [3.63, 3.8) is 0 Å². The predicted molar refractivity (Wildman–Crippen MR) is 73.9 cm³/mol. The van der Waals surface area contributed by atoms with Gasteiger partial charge in [-0.3, -0.25) is 0 Å². The number of sulfonamides is 1. The van der Waals surface area contributed by atoms with E-state index in [9.17, 15) is 8.42 Å². The fourth-order valence-electron chi connectivity index (χ4n) is 1.99. The fourth-order valence-corrected chi connectivity index (χ4v) is 3.14. The van der Waals surface area contributed by atoms with Crippen molar-refractivity contribution < 1.29 is 25.6 Å². The van der Waals surface area contributed by atoms with Gasteiger partial charge in [-0.25, -0.2) is 0 Å². The summed E-state index contributed by atoms with van der Waals surface area (Å²) in [5, 5.41) is 0. The Morgan fingerprint density at radius 2 is 1.85 bits per heavy atom. The maximum absolute atomic E-state index is 11.8. The number of halogens is 1. The third kappa shape index (κ3) is 3.50. The number of benzene rings is 1. The minimum Gasteiger partial charge on any atom is -1.00 e. The second kappa shape index (κ2) is 7.06. The van der Waals surface area contributed by atoms with Crippen LogP contribution in [0.25, 0.3) is 0 Å². The van der Waals surface area contributed by atoms with Gasteiger partial charge < -0.3 is 22.0 Å². The number of likely N-dealkylation sites (N-methyl/N-ethyl adjacent to an activating group) is 1. The van der Waals surface area contributed by atoms with E-state index in [0.717, 1.165) is 19.6 Å². The number of nitrogens with zero attached hydrogens (tertiary/aromatic N) is 2. The lowest BCUT2D eigenvalue weighted by Crippen LogP contribution is -3.00. The van der Waals surface area contributed by atoms with Crippen molar-refractivity contribution in [2.45, 2.75) is 18.7 Å². The van der Waals surface area contributed by atoms with Crippen LogP contribution in [0.15, 0.2) is 33.6 Å². The number of hydrogen-bond donors (Lipinski definition) is 0. The van der Waals surface area contributed by atoms with E-state index in [2.05, 4.69) is 23.1 Å². The first kappa shape index (κ1) is 16.9. The smallest absolute Gasteiger partial charge is 0.286 e. The van der Waals surface area contributed by atoms with Crippen LogP contribution in [0.5, 0.6) is 0 Å². The van der Waals surface area contributed by atoms with E-state index in [0.29, 0.717) is 12.2 Å². The van der Waals surface area contributed by atoms with Crippen molar-refractivity contribution in [1.82, 2.24) is 4.90 Å². The Morgan fingerprint density at radius 3 is 2.50 bits per heavy atom. The summed E-state index contributed by atoms with van der Waals surface area (Å²) >= 11 is 0. The average molecular weight is 318 g/mol. The van der Waals surface area contributed by atoms with Gasteiger partial charge in [0.25, 0.3) is 10.0 Å². The largest absolute Gasteiger partial charge is 1.00 e. The van der Waals surface area contributed by atoms with E-state index in [1.807, 2.05) is 0 Å². The molecule has 0 atom stereocenters. The zero-order valence-corrected chi connectivity index (χ0v) is 13.1. The Hall–Kier alpha value is -1.11. The molecule has 7 heteroatoms. The molecule has 0 fully saturated rings. The minimum atomic E-state index is -3.57. The highest BCUT2D eigenvalue weighted by Crippen LogP contribution is 2.26. The molecule has 1 aromatic carbocycles. The Labute approximate surface area is 126 Å². The van der Waals surface area contributed by atoms with Gasteiger partial charge in [-0.1, -0.05) is 26.0 Å². The SMILES string of the molecule is CCN(CC)CCOC1=NS(=O)(=O)c2ccccc21.[Cl-]. The van der Waals surface area contributed by atoms with Crippen LogP contribution in [0.3, 0.4) is 0 Å². The maximum atomic E-state index is 11.8. The molecule has 0 aliphatic carbocycles. The lowest BCUT2D eigenvalue weighted by atomic mass is 10.2. The molecule has 0 radical (unpaired) electrons. The summed E-state index contributed by atoms with van der Waals surface area (Å²) in [5.41, 5.74) is 0.557. The Bertz CT molecular complexity index is 583. The molecule has 0 amide bonds. The molecule has 0 aromatic heterocycles. The molecule has 0 saturated carbocycles. The molecule has 1 heterocycles. The van der Waals surface area contributed by atoms with Crippen molar-refractivity contribution in [2.75, 3.05) is 26.2 Å². The van der Waals surface area contributed by atoms with E-state index in [-0.39, 0.29) is 23.2 Å². The summed E-state index contributed by atoms with van der Waals surface area (Å²) in [6.07, 6.45) is 0. The molecule has 0 spiro atoms. The zero-order valence-electron chi connectivity index (χ0n) is 11.5. The van der Waals surface area contributed by atoms with Crippen molar-refractivity contribution >= 4 is 15.9 Å². The Kier molecular flexibility index (Phi) is 5.98. The van der Waals surface area contributed by atoms with Crippen LogP contribution in [0, 0.1) is 0 Å². The van der Waals surface area contributed by atoms with Gasteiger partial charge in [0, 0.05) is 6.54 Å². The van der Waals surface area contributed by atoms with Crippen LogP contribution in [0.1, 0.15) is 19.4 Å². The van der Waals surface area contributed by atoms with E-state index in [1.54, 1.807) is 24.3 Å². The summed E-state index contributed by atoms with van der Waals surface area (Å²) in [5.74, 6) is 0.211. The number of hydrogen-bond acceptors (Lipinski definition) is 4. The molecule has 1 aromatic rings. The third-order valence-corrected chi connectivity index (χ3v) is 4.46. The second-order valence-electron chi connectivity index (χ2n) is 4.24. The molecule has 1 aliphatic rings. The number of rotatable bonds is 5. The van der Waals surface area contributed by atoms with Gasteiger partial charge in [0.2, 0.25) is 5.90 Å². The van der Waals surface area contributed by atoms with Crippen molar-refractivity contribution in [3.8, 4) is 0 Å². The van der Waals surface area contributed by atoms with Gasteiger partial charge >= 0.3 is 0 Å². The zero-order chi connectivity index (χ0) is 13.9. The first-order valence-corrected chi connectivity index (χ1v) is 7.82. The minimum absolute atomic E-state index is 0. The van der Waals surface area contributed by atoms with E-state index >= 15 is 0 Å². The van der Waals surface area contributed by atoms with Gasteiger partial charge in [0.15, 0.2) is 0 Å². The summed E-state index contributed by atoms with van der Waals surface area (Å²) in [6, 6.07) is 6.73. The van der Waals surface area contributed by atoms with Crippen LogP contribution in [-0.2, 0) is 14.8 Å². The topological polar surface area (TPSA) is 59.0 Å². The molecular weight excluding hydrogens is 300 g/mol. The average Bonchev–Trinajstić information content (AvgIpc) is 2.67. The van der Waals surface area contributed by atoms with Gasteiger partial charge in [0.1, 0.15) is 11.5 Å². The summed E-state index contributed by atoms with van der Waals surface area (Å²) < 4.78 is 32.8. The van der Waals surface area contributed by atoms with Crippen LogP contribution < -0.4 is 12.4 Å². The summed E-state index contributed by atoms with van der Waals surface area (Å²) in [7, 11) is -3.57.